The minimum Gasteiger partial charge on any atom is -0.412 e. The summed E-state index contributed by atoms with van der Waals surface area (Å²) in [4.78, 5) is 0. The van der Waals surface area contributed by atoms with Crippen molar-refractivity contribution in [3.05, 3.63) is 60.7 Å². The molecule has 194 valence electrons. The van der Waals surface area contributed by atoms with Crippen molar-refractivity contribution in [3.8, 4) is 0 Å². The molecule has 0 bridgehead atoms. The van der Waals surface area contributed by atoms with Crippen LogP contribution in [0.25, 0.3) is 0 Å². The minimum absolute atomic E-state index is 0. The summed E-state index contributed by atoms with van der Waals surface area (Å²) in [5, 5.41) is 0. The summed E-state index contributed by atoms with van der Waals surface area (Å²) in [6.45, 7) is 32.9. The molecular weight excluding hydrogens is 879 g/mol. The molecule has 0 amide bonds. The van der Waals surface area contributed by atoms with Crippen molar-refractivity contribution >= 4 is 87.0 Å². The van der Waals surface area contributed by atoms with Crippen LogP contribution in [0.3, 0.4) is 0 Å². The van der Waals surface area contributed by atoms with E-state index in [-0.39, 0.29) is 5.48 Å². The van der Waals surface area contributed by atoms with E-state index in [9.17, 15) is 0 Å². The van der Waals surface area contributed by atoms with Crippen LogP contribution in [0, 0.1) is 0 Å². The van der Waals surface area contributed by atoms with Gasteiger partial charge < -0.3 is 5.48 Å². The molecule has 0 aliphatic rings. The quantitative estimate of drug-likeness (QED) is 0.222. The van der Waals surface area contributed by atoms with E-state index in [4.69, 9.17) is 0 Å². The first-order valence-electron chi connectivity index (χ1n) is 13.0. The van der Waals surface area contributed by atoms with Crippen molar-refractivity contribution in [3.63, 3.8) is 0 Å². The average molecular weight is 931 g/mol. The average Bonchev–Trinajstić information content (AvgIpc) is 2.68. The van der Waals surface area contributed by atoms with E-state index in [1.54, 1.807) is 19.1 Å². The molecule has 0 unspecified atom stereocenters. The molecule has 2 aromatic carbocycles. The van der Waals surface area contributed by atoms with Gasteiger partial charge in [-0.05, 0) is 0 Å². The standard InChI is InChI=1S/C16H40Si4.2C6H5.H2O.2Pb/c1-17(2,3)15(18(4,5)6)13-14-16(19(7,8)9)20(10,11)12;2*1-2-4-6-5-3-1;;;/h13-14H2,1-12H3;2*1-5H;1H2;;. The summed E-state index contributed by atoms with van der Waals surface area (Å²) in [6, 6.07) is 23.6. The molecule has 4 radical (unpaired) electrons. The smallest absolute Gasteiger partial charge is 0.412 e. The van der Waals surface area contributed by atoms with Crippen LogP contribution in [-0.4, -0.2) is 86.2 Å². The van der Waals surface area contributed by atoms with E-state index >= 15 is 0 Å². The number of rotatable bonds is 11. The van der Waals surface area contributed by atoms with Crippen molar-refractivity contribution in [2.75, 3.05) is 0 Å². The summed E-state index contributed by atoms with van der Waals surface area (Å²) in [7, 11) is -5.46. The number of hydrogen-bond donors (Lipinski definition) is 0. The first-order chi connectivity index (χ1) is 15.4. The number of benzene rings is 2. The topological polar surface area (TPSA) is 31.5 Å². The van der Waals surface area contributed by atoms with Crippen LogP contribution < -0.4 is 6.25 Å². The first-order valence-corrected chi connectivity index (χ1v) is 34.8. The third-order valence-electron chi connectivity index (χ3n) is 8.26. The van der Waals surface area contributed by atoms with Crippen LogP contribution in [0.1, 0.15) is 12.8 Å². The fourth-order valence-electron chi connectivity index (χ4n) is 6.54. The minimum atomic E-state index is -1.36. The summed E-state index contributed by atoms with van der Waals surface area (Å²) in [6.07, 6.45) is 3.09. The molecule has 7 heteroatoms. The third-order valence-corrected chi connectivity index (χ3v) is 78.0. The summed E-state index contributed by atoms with van der Waals surface area (Å²) in [5.74, 6) is 0. The van der Waals surface area contributed by atoms with Gasteiger partial charge in [0, 0.05) is 0 Å². The maximum Gasteiger partial charge on any atom is -0.412 e. The van der Waals surface area contributed by atoms with Gasteiger partial charge >= 0.3 is 244 Å². The van der Waals surface area contributed by atoms with Gasteiger partial charge in [0.05, 0.1) is 0 Å². The Morgan fingerprint density at radius 1 is 0.457 bits per heavy atom. The fraction of sp³-hybridized carbons (Fsp3) is 0.571. The Bertz CT molecular complexity index is 803. The largest absolute Gasteiger partial charge is 0.412 e. The van der Waals surface area contributed by atoms with Gasteiger partial charge in [0.1, 0.15) is 0 Å². The maximum atomic E-state index is 2.74. The van der Waals surface area contributed by atoms with Crippen LogP contribution in [0.15, 0.2) is 60.7 Å². The monoisotopic (exact) mass is 932 g/mol. The van der Waals surface area contributed by atoms with Gasteiger partial charge in [0.2, 0.25) is 0 Å². The molecule has 0 heterocycles. The molecule has 0 aromatic heterocycles. The van der Waals surface area contributed by atoms with Crippen LogP contribution >= 0.6 is 0 Å². The number of hydrogen-bond acceptors (Lipinski definition) is 0. The second-order valence-corrected chi connectivity index (χ2v) is 57.6. The Kier molecular flexibility index (Phi) is 12.2. The summed E-state index contributed by atoms with van der Waals surface area (Å²) >= 11 is -2.06. The van der Waals surface area contributed by atoms with Gasteiger partial charge in [-0.15, -0.1) is 0 Å². The molecule has 0 fully saturated rings. The molecule has 2 aromatic rings. The van der Waals surface area contributed by atoms with E-state index in [0.717, 1.165) is 0 Å². The zero-order valence-corrected chi connectivity index (χ0v) is 36.5. The predicted octanol–water partition coefficient (Wildman–Crippen LogP) is 6.83. The molecule has 0 spiro atoms. The molecule has 35 heavy (non-hydrogen) atoms. The van der Waals surface area contributed by atoms with Crippen molar-refractivity contribution < 1.29 is 5.48 Å². The molecule has 2 rings (SSSR count). The van der Waals surface area contributed by atoms with E-state index in [1.807, 2.05) is 0 Å². The second kappa shape index (κ2) is 12.5. The Morgan fingerprint density at radius 3 is 0.886 bits per heavy atom. The maximum absolute atomic E-state index is 2.74. The van der Waals surface area contributed by atoms with Crippen molar-refractivity contribution in [2.24, 2.45) is 0 Å². The van der Waals surface area contributed by atoms with Gasteiger partial charge in [-0.2, -0.15) is 0 Å². The zero-order valence-electron chi connectivity index (χ0n) is 24.7. The van der Waals surface area contributed by atoms with Gasteiger partial charge in [0.15, 0.2) is 0 Å². The summed E-state index contributed by atoms with van der Waals surface area (Å²) in [5.41, 5.74) is 0. The molecule has 0 aliphatic heterocycles. The van der Waals surface area contributed by atoms with Crippen LogP contribution in [-0.2, 0) is 0 Å². The van der Waals surface area contributed by atoms with E-state index < -0.39 is 80.8 Å². The molecule has 0 aliphatic carbocycles. The second-order valence-electron chi connectivity index (χ2n) is 14.3. The predicted molar refractivity (Wildman–Crippen MR) is 175 cm³/mol. The first kappa shape index (κ1) is 34.1. The molecule has 0 saturated heterocycles. The van der Waals surface area contributed by atoms with Gasteiger partial charge in [0.25, 0.3) is 0 Å². The molecule has 0 atom stereocenters. The van der Waals surface area contributed by atoms with E-state index in [2.05, 4.69) is 139 Å². The Morgan fingerprint density at radius 2 is 0.686 bits per heavy atom. The molecule has 2 N–H and O–H groups in total. The van der Waals surface area contributed by atoms with E-state index in [1.165, 1.54) is 0 Å². The third kappa shape index (κ3) is 7.83. The molecular formula is C28H52OPb2Si4. The Labute approximate surface area is 246 Å². The SMILES string of the molecule is C[Si](C)(C)[C](CC[C]([Pb][c]1ccccc1)([Si](C)(C)C)[Si](C)(C)C)([Pb][c]1ccccc1)[Si](C)(C)C.O. The molecule has 1 nitrogen and oxygen atoms in total. The van der Waals surface area contributed by atoms with Crippen molar-refractivity contribution in [1.29, 1.82) is 0 Å². The Hall–Kier alpha value is 1.11. The van der Waals surface area contributed by atoms with E-state index in [0.29, 0.717) is 4.44 Å². The normalized spacial score (nSPS) is 13.9. The van der Waals surface area contributed by atoms with Gasteiger partial charge in [-0.3, -0.25) is 0 Å². The summed E-state index contributed by atoms with van der Waals surface area (Å²) < 4.78 is 4.96. The van der Waals surface area contributed by atoms with Crippen molar-refractivity contribution in [2.45, 2.75) is 95.8 Å². The molecule has 0 saturated carbocycles. The van der Waals surface area contributed by atoms with Gasteiger partial charge in [-0.25, -0.2) is 0 Å². The van der Waals surface area contributed by atoms with Crippen molar-refractivity contribution in [1.82, 2.24) is 0 Å². The van der Waals surface area contributed by atoms with Gasteiger partial charge in [-0.1, -0.05) is 0 Å². The fourth-order valence-corrected chi connectivity index (χ4v) is 60.7. The van der Waals surface area contributed by atoms with Crippen LogP contribution in [0.2, 0.25) is 83.0 Å². The Balaban J connectivity index is 0.00000612. The van der Waals surface area contributed by atoms with Crippen LogP contribution in [0.5, 0.6) is 0 Å². The zero-order chi connectivity index (χ0) is 26.1. The van der Waals surface area contributed by atoms with Crippen LogP contribution in [0.4, 0.5) is 0 Å².